The molecular formula is C7H15O3P. The summed E-state index contributed by atoms with van der Waals surface area (Å²) in [7, 11) is -2.84. The van der Waals surface area contributed by atoms with E-state index >= 15 is 0 Å². The third-order valence-corrected chi connectivity index (χ3v) is 2.25. The van der Waals surface area contributed by atoms with Gasteiger partial charge in [-0.2, -0.15) is 0 Å². The Kier molecular flexibility index (Phi) is 4.66. The van der Waals surface area contributed by atoms with Gasteiger partial charge in [-0.3, -0.25) is 4.57 Å². The summed E-state index contributed by atoms with van der Waals surface area (Å²) in [6.45, 7) is 8.79. The SMILES string of the molecule is C=CCOP(C)(=O)OC(C)C. The maximum absolute atomic E-state index is 11.3. The van der Waals surface area contributed by atoms with E-state index in [1.54, 1.807) is 6.08 Å². The zero-order valence-electron chi connectivity index (χ0n) is 7.24. The summed E-state index contributed by atoms with van der Waals surface area (Å²) < 4.78 is 21.2. The first kappa shape index (κ1) is 10.9. The summed E-state index contributed by atoms with van der Waals surface area (Å²) in [6, 6.07) is 0. The summed E-state index contributed by atoms with van der Waals surface area (Å²) in [4.78, 5) is 0. The minimum Gasteiger partial charge on any atom is -0.306 e. The summed E-state index contributed by atoms with van der Waals surface area (Å²) in [6.07, 6.45) is 1.47. The number of rotatable bonds is 5. The zero-order chi connectivity index (χ0) is 8.91. The lowest BCUT2D eigenvalue weighted by Gasteiger charge is -2.15. The molecule has 1 unspecified atom stereocenters. The summed E-state index contributed by atoms with van der Waals surface area (Å²) in [5, 5.41) is 0. The largest absolute Gasteiger partial charge is 0.328 e. The van der Waals surface area contributed by atoms with Crippen LogP contribution in [0.15, 0.2) is 12.7 Å². The zero-order valence-corrected chi connectivity index (χ0v) is 8.14. The van der Waals surface area contributed by atoms with Gasteiger partial charge >= 0.3 is 7.60 Å². The Morgan fingerprint density at radius 1 is 1.64 bits per heavy atom. The minimum absolute atomic E-state index is 0.0735. The Morgan fingerprint density at radius 3 is 2.55 bits per heavy atom. The number of hydrogen-bond acceptors (Lipinski definition) is 3. The Hall–Kier alpha value is -0.110. The average molecular weight is 178 g/mol. The first-order chi connectivity index (χ1) is 4.98. The molecule has 0 aromatic rings. The van der Waals surface area contributed by atoms with Crippen LogP contribution >= 0.6 is 7.60 Å². The molecule has 11 heavy (non-hydrogen) atoms. The van der Waals surface area contributed by atoms with Crippen LogP contribution in [0.4, 0.5) is 0 Å². The minimum atomic E-state index is -2.84. The van der Waals surface area contributed by atoms with Crippen LogP contribution in [0.3, 0.4) is 0 Å². The van der Waals surface area contributed by atoms with Gasteiger partial charge in [0.2, 0.25) is 0 Å². The molecule has 1 atom stereocenters. The molecule has 0 spiro atoms. The first-order valence-corrected chi connectivity index (χ1v) is 5.48. The standard InChI is InChI=1S/C7H15O3P/c1-5-6-9-11(4,8)10-7(2)3/h5,7H,1,6H2,2-4H3. The van der Waals surface area contributed by atoms with E-state index in [9.17, 15) is 4.57 Å². The van der Waals surface area contributed by atoms with Gasteiger partial charge in [-0.15, -0.1) is 6.58 Å². The van der Waals surface area contributed by atoms with Crippen molar-refractivity contribution in [3.05, 3.63) is 12.7 Å². The van der Waals surface area contributed by atoms with Gasteiger partial charge in [-0.25, -0.2) is 0 Å². The van der Waals surface area contributed by atoms with E-state index in [0.29, 0.717) is 0 Å². The maximum Gasteiger partial charge on any atom is 0.328 e. The van der Waals surface area contributed by atoms with Crippen molar-refractivity contribution in [2.45, 2.75) is 20.0 Å². The van der Waals surface area contributed by atoms with E-state index in [1.165, 1.54) is 6.66 Å². The van der Waals surface area contributed by atoms with Crippen LogP contribution < -0.4 is 0 Å². The second kappa shape index (κ2) is 4.70. The Morgan fingerprint density at radius 2 is 2.18 bits per heavy atom. The highest BCUT2D eigenvalue weighted by atomic mass is 31.2. The van der Waals surface area contributed by atoms with Crippen LogP contribution in [0.25, 0.3) is 0 Å². The first-order valence-electron chi connectivity index (χ1n) is 3.49. The van der Waals surface area contributed by atoms with Gasteiger partial charge in [0, 0.05) is 6.66 Å². The molecule has 4 heteroatoms. The fourth-order valence-electron chi connectivity index (χ4n) is 0.601. The van der Waals surface area contributed by atoms with Crippen LogP contribution in [-0.4, -0.2) is 19.4 Å². The molecule has 0 aliphatic heterocycles. The highest BCUT2D eigenvalue weighted by Gasteiger charge is 2.17. The Balaban J connectivity index is 3.80. The molecule has 0 aliphatic carbocycles. The lowest BCUT2D eigenvalue weighted by Crippen LogP contribution is -2.02. The van der Waals surface area contributed by atoms with E-state index in [4.69, 9.17) is 9.05 Å². The van der Waals surface area contributed by atoms with E-state index < -0.39 is 7.60 Å². The van der Waals surface area contributed by atoms with Gasteiger partial charge in [0.1, 0.15) is 0 Å². The molecule has 0 heterocycles. The molecule has 3 nitrogen and oxygen atoms in total. The Labute approximate surface area is 67.9 Å². The van der Waals surface area contributed by atoms with Gasteiger partial charge in [0.15, 0.2) is 0 Å². The molecule has 0 saturated carbocycles. The lowest BCUT2D eigenvalue weighted by molar-refractivity contribution is 0.182. The van der Waals surface area contributed by atoms with Crippen molar-refractivity contribution in [3.63, 3.8) is 0 Å². The van der Waals surface area contributed by atoms with E-state index in [0.717, 1.165) is 0 Å². The molecular weight excluding hydrogens is 163 g/mol. The molecule has 0 radical (unpaired) electrons. The van der Waals surface area contributed by atoms with Crippen LogP contribution in [0.1, 0.15) is 13.8 Å². The second-order valence-electron chi connectivity index (χ2n) is 2.51. The molecule has 0 fully saturated rings. The van der Waals surface area contributed by atoms with Gasteiger partial charge in [0.25, 0.3) is 0 Å². The van der Waals surface area contributed by atoms with E-state index in [-0.39, 0.29) is 12.7 Å². The molecule has 0 saturated heterocycles. The molecule has 0 N–H and O–H groups in total. The molecule has 0 rings (SSSR count). The summed E-state index contributed by atoms with van der Waals surface area (Å²) in [5.74, 6) is 0. The predicted octanol–water partition coefficient (Wildman–Crippen LogP) is 2.44. The van der Waals surface area contributed by atoms with Crippen molar-refractivity contribution < 1.29 is 13.6 Å². The second-order valence-corrected chi connectivity index (χ2v) is 4.52. The fourth-order valence-corrected chi connectivity index (χ4v) is 1.80. The monoisotopic (exact) mass is 178 g/mol. The third kappa shape index (κ3) is 6.29. The smallest absolute Gasteiger partial charge is 0.306 e. The van der Waals surface area contributed by atoms with Crippen LogP contribution in [0.2, 0.25) is 0 Å². The fraction of sp³-hybridized carbons (Fsp3) is 0.714. The molecule has 0 aromatic carbocycles. The van der Waals surface area contributed by atoms with Gasteiger partial charge < -0.3 is 9.05 Å². The van der Waals surface area contributed by atoms with Crippen molar-refractivity contribution in [1.29, 1.82) is 0 Å². The van der Waals surface area contributed by atoms with Gasteiger partial charge in [-0.05, 0) is 13.8 Å². The molecule has 0 aromatic heterocycles. The summed E-state index contributed by atoms with van der Waals surface area (Å²) in [5.41, 5.74) is 0. The lowest BCUT2D eigenvalue weighted by atomic mass is 10.5. The van der Waals surface area contributed by atoms with Crippen molar-refractivity contribution in [3.8, 4) is 0 Å². The third-order valence-electron chi connectivity index (χ3n) is 0.829. The van der Waals surface area contributed by atoms with E-state index in [1.807, 2.05) is 13.8 Å². The quantitative estimate of drug-likeness (QED) is 0.479. The normalized spacial score (nSPS) is 16.4. The highest BCUT2D eigenvalue weighted by molar-refractivity contribution is 7.53. The molecule has 0 amide bonds. The van der Waals surface area contributed by atoms with Crippen molar-refractivity contribution in [2.75, 3.05) is 13.3 Å². The van der Waals surface area contributed by atoms with Crippen LogP contribution in [-0.2, 0) is 13.6 Å². The Bertz CT molecular complexity index is 165. The van der Waals surface area contributed by atoms with Crippen LogP contribution in [0.5, 0.6) is 0 Å². The van der Waals surface area contributed by atoms with Crippen LogP contribution in [0, 0.1) is 0 Å². The van der Waals surface area contributed by atoms with Crippen molar-refractivity contribution >= 4 is 7.60 Å². The molecule has 0 bridgehead atoms. The summed E-state index contributed by atoms with van der Waals surface area (Å²) >= 11 is 0. The average Bonchev–Trinajstić information content (AvgIpc) is 1.81. The maximum atomic E-state index is 11.3. The van der Waals surface area contributed by atoms with Gasteiger partial charge in [-0.1, -0.05) is 6.08 Å². The molecule has 0 aliphatic rings. The van der Waals surface area contributed by atoms with Crippen molar-refractivity contribution in [1.82, 2.24) is 0 Å². The van der Waals surface area contributed by atoms with Gasteiger partial charge in [0.05, 0.1) is 12.7 Å². The van der Waals surface area contributed by atoms with E-state index in [2.05, 4.69) is 6.58 Å². The highest BCUT2D eigenvalue weighted by Crippen LogP contribution is 2.44. The predicted molar refractivity (Wildman–Crippen MR) is 45.9 cm³/mol. The number of hydrogen-bond donors (Lipinski definition) is 0. The van der Waals surface area contributed by atoms with Crippen molar-refractivity contribution in [2.24, 2.45) is 0 Å². The topological polar surface area (TPSA) is 35.5 Å². The molecule has 66 valence electrons.